The maximum Gasteiger partial charge on any atom is 0.410 e. The van der Waals surface area contributed by atoms with Gasteiger partial charge in [0, 0.05) is 24.2 Å². The van der Waals surface area contributed by atoms with Crippen molar-refractivity contribution in [1.29, 1.82) is 0 Å². The number of carbonyl (C=O) groups is 2. The zero-order valence-corrected chi connectivity index (χ0v) is 17.8. The van der Waals surface area contributed by atoms with Crippen molar-refractivity contribution >= 4 is 23.6 Å². The van der Waals surface area contributed by atoms with Crippen LogP contribution in [0.4, 0.5) is 4.79 Å². The summed E-state index contributed by atoms with van der Waals surface area (Å²) in [5.41, 5.74) is 0.318. The molecule has 0 N–H and O–H groups in total. The van der Waals surface area contributed by atoms with E-state index in [0.29, 0.717) is 24.5 Å². The van der Waals surface area contributed by atoms with Crippen LogP contribution in [0.5, 0.6) is 0 Å². The fourth-order valence-electron chi connectivity index (χ4n) is 3.24. The van der Waals surface area contributed by atoms with Crippen LogP contribution in [0.25, 0.3) is 0 Å². The minimum atomic E-state index is -0.586. The highest BCUT2D eigenvalue weighted by atomic mass is 35.5. The predicted molar refractivity (Wildman–Crippen MR) is 108 cm³/mol. The zero-order valence-electron chi connectivity index (χ0n) is 17.0. The third-order valence-electron chi connectivity index (χ3n) is 4.62. The molecule has 6 heteroatoms. The number of halogens is 1. The molecule has 1 fully saturated rings. The minimum Gasteiger partial charge on any atom is -0.444 e. The van der Waals surface area contributed by atoms with Crippen LogP contribution in [0.3, 0.4) is 0 Å². The molecule has 1 aromatic carbocycles. The Bertz CT molecular complexity index is 670. The van der Waals surface area contributed by atoms with Crippen LogP contribution in [0.2, 0.25) is 5.02 Å². The summed E-state index contributed by atoms with van der Waals surface area (Å²) < 4.78 is 5.53. The lowest BCUT2D eigenvalue weighted by atomic mass is 10.0. The van der Waals surface area contributed by atoms with Crippen molar-refractivity contribution in [3.05, 3.63) is 34.9 Å². The number of benzene rings is 1. The Morgan fingerprint density at radius 1 is 1.26 bits per heavy atom. The number of amides is 2. The number of likely N-dealkylation sites (tertiary alicyclic amines) is 1. The Morgan fingerprint density at radius 3 is 2.52 bits per heavy atom. The summed E-state index contributed by atoms with van der Waals surface area (Å²) in [5.74, 6) is -0.0459. The van der Waals surface area contributed by atoms with Crippen molar-refractivity contribution in [2.24, 2.45) is 0 Å². The Hall–Kier alpha value is -1.75. The van der Waals surface area contributed by atoms with E-state index in [-0.39, 0.29) is 11.9 Å². The Morgan fingerprint density at radius 2 is 1.93 bits per heavy atom. The van der Waals surface area contributed by atoms with Crippen molar-refractivity contribution in [1.82, 2.24) is 9.80 Å². The van der Waals surface area contributed by atoms with Crippen LogP contribution >= 0.6 is 11.6 Å². The lowest BCUT2D eigenvalue weighted by Crippen LogP contribution is -2.55. The average molecular weight is 395 g/mol. The van der Waals surface area contributed by atoms with Gasteiger partial charge in [-0.25, -0.2) is 4.79 Å². The minimum absolute atomic E-state index is 0.00353. The van der Waals surface area contributed by atoms with E-state index in [0.717, 1.165) is 18.4 Å². The molecule has 0 aromatic heterocycles. The van der Waals surface area contributed by atoms with E-state index in [1.807, 2.05) is 58.9 Å². The van der Waals surface area contributed by atoms with Gasteiger partial charge in [-0.05, 0) is 65.5 Å². The highest BCUT2D eigenvalue weighted by Gasteiger charge is 2.37. The van der Waals surface area contributed by atoms with Gasteiger partial charge in [-0.2, -0.15) is 0 Å². The van der Waals surface area contributed by atoms with E-state index in [1.165, 1.54) is 0 Å². The zero-order chi connectivity index (χ0) is 20.2. The van der Waals surface area contributed by atoms with Crippen molar-refractivity contribution in [3.8, 4) is 0 Å². The van der Waals surface area contributed by atoms with Gasteiger partial charge in [0.1, 0.15) is 11.6 Å². The van der Waals surface area contributed by atoms with E-state index >= 15 is 0 Å². The molecule has 1 heterocycles. The van der Waals surface area contributed by atoms with Crippen molar-refractivity contribution in [2.45, 2.75) is 78.1 Å². The number of rotatable bonds is 4. The quantitative estimate of drug-likeness (QED) is 0.732. The maximum absolute atomic E-state index is 13.4. The molecule has 5 nitrogen and oxygen atoms in total. The lowest BCUT2D eigenvalue weighted by Gasteiger charge is -2.39. The summed E-state index contributed by atoms with van der Waals surface area (Å²) >= 11 is 6.29. The highest BCUT2D eigenvalue weighted by molar-refractivity contribution is 6.31. The van der Waals surface area contributed by atoms with Crippen LogP contribution in [0, 0.1) is 0 Å². The molecule has 0 spiro atoms. The Labute approximate surface area is 167 Å². The largest absolute Gasteiger partial charge is 0.444 e. The fraction of sp³-hybridized carbons (Fsp3) is 0.619. The highest BCUT2D eigenvalue weighted by Crippen LogP contribution is 2.25. The summed E-state index contributed by atoms with van der Waals surface area (Å²) in [6.45, 7) is 10.4. The van der Waals surface area contributed by atoms with Gasteiger partial charge in [0.25, 0.3) is 0 Å². The van der Waals surface area contributed by atoms with Crippen molar-refractivity contribution in [2.75, 3.05) is 6.54 Å². The third kappa shape index (κ3) is 5.86. The molecule has 1 atom stereocenters. The molecule has 1 aliphatic rings. The Kier molecular flexibility index (Phi) is 7.15. The lowest BCUT2D eigenvalue weighted by molar-refractivity contribution is -0.140. The molecule has 2 amide bonds. The molecular formula is C21H31ClN2O3. The predicted octanol–water partition coefficient (Wildman–Crippen LogP) is 4.87. The molecule has 0 saturated carbocycles. The maximum atomic E-state index is 13.4. The van der Waals surface area contributed by atoms with Gasteiger partial charge in [-0.15, -0.1) is 0 Å². The fourth-order valence-corrected chi connectivity index (χ4v) is 3.44. The number of nitrogens with zero attached hydrogens (tertiary/aromatic N) is 2. The Balaban J connectivity index is 2.21. The third-order valence-corrected chi connectivity index (χ3v) is 4.99. The van der Waals surface area contributed by atoms with Gasteiger partial charge >= 0.3 is 6.09 Å². The van der Waals surface area contributed by atoms with Gasteiger partial charge in [-0.3, -0.25) is 9.69 Å². The first kappa shape index (κ1) is 21.5. The first-order valence-corrected chi connectivity index (χ1v) is 10.0. The molecule has 0 bridgehead atoms. The molecule has 1 aromatic rings. The van der Waals surface area contributed by atoms with Gasteiger partial charge in [0.15, 0.2) is 0 Å². The number of hydrogen-bond donors (Lipinski definition) is 0. The van der Waals surface area contributed by atoms with Gasteiger partial charge in [-0.1, -0.05) is 29.8 Å². The average Bonchev–Trinajstić information content (AvgIpc) is 2.58. The van der Waals surface area contributed by atoms with Crippen LogP contribution in [0.1, 0.15) is 59.4 Å². The normalized spacial score (nSPS) is 17.7. The summed E-state index contributed by atoms with van der Waals surface area (Å²) in [6.07, 6.45) is 2.05. The van der Waals surface area contributed by atoms with E-state index in [4.69, 9.17) is 16.3 Å². The van der Waals surface area contributed by atoms with Crippen LogP contribution in [-0.4, -0.2) is 46.0 Å². The van der Waals surface area contributed by atoms with Crippen molar-refractivity contribution < 1.29 is 14.3 Å². The SMILES string of the molecule is CC(C)N(Cc1ccccc1Cl)C(=O)C1CCCCN1C(=O)OC(C)(C)C. The van der Waals surface area contributed by atoms with Crippen LogP contribution < -0.4 is 0 Å². The molecule has 1 saturated heterocycles. The van der Waals surface area contributed by atoms with Gasteiger partial charge in [0.05, 0.1) is 0 Å². The summed E-state index contributed by atoms with van der Waals surface area (Å²) in [5, 5.41) is 0.642. The van der Waals surface area contributed by atoms with Gasteiger partial charge in [0.2, 0.25) is 5.91 Å². The van der Waals surface area contributed by atoms with Gasteiger partial charge < -0.3 is 9.64 Å². The molecule has 27 heavy (non-hydrogen) atoms. The topological polar surface area (TPSA) is 49.9 Å². The monoisotopic (exact) mass is 394 g/mol. The van der Waals surface area contributed by atoms with Crippen LogP contribution in [0.15, 0.2) is 24.3 Å². The number of ether oxygens (including phenoxy) is 1. The molecule has 1 aliphatic heterocycles. The summed E-state index contributed by atoms with van der Waals surface area (Å²) in [6, 6.07) is 7.05. The molecule has 0 aliphatic carbocycles. The van der Waals surface area contributed by atoms with E-state index in [9.17, 15) is 9.59 Å². The number of hydrogen-bond acceptors (Lipinski definition) is 3. The second-order valence-corrected chi connectivity index (χ2v) is 8.74. The van der Waals surface area contributed by atoms with E-state index in [2.05, 4.69) is 0 Å². The number of carbonyl (C=O) groups excluding carboxylic acids is 2. The molecule has 150 valence electrons. The summed E-state index contributed by atoms with van der Waals surface area (Å²) in [7, 11) is 0. The molecule has 2 rings (SSSR count). The first-order valence-electron chi connectivity index (χ1n) is 9.63. The summed E-state index contributed by atoms with van der Waals surface area (Å²) in [4.78, 5) is 29.4. The molecule has 1 unspecified atom stereocenters. The van der Waals surface area contributed by atoms with E-state index in [1.54, 1.807) is 9.80 Å². The molecule has 0 radical (unpaired) electrons. The first-order chi connectivity index (χ1) is 12.6. The van der Waals surface area contributed by atoms with Crippen LogP contribution in [-0.2, 0) is 16.1 Å². The second kappa shape index (κ2) is 8.96. The smallest absolute Gasteiger partial charge is 0.410 e. The molecular weight excluding hydrogens is 364 g/mol. The van der Waals surface area contributed by atoms with Crippen molar-refractivity contribution in [3.63, 3.8) is 0 Å². The standard InChI is InChI=1S/C21H31ClN2O3/c1-15(2)24(14-16-10-6-7-11-17(16)22)19(25)18-12-8-9-13-23(18)20(26)27-21(3,4)5/h6-7,10-11,15,18H,8-9,12-14H2,1-5H3. The number of piperidine rings is 1. The van der Waals surface area contributed by atoms with E-state index < -0.39 is 17.7 Å². The second-order valence-electron chi connectivity index (χ2n) is 8.34.